The number of nitrogens with one attached hydrogen (secondary N) is 3. The molecule has 3 rings (SSSR count). The summed E-state index contributed by atoms with van der Waals surface area (Å²) in [5.74, 6) is -0.122. The zero-order valence-electron chi connectivity index (χ0n) is 25.4. The van der Waals surface area contributed by atoms with Crippen molar-refractivity contribution in [2.45, 2.75) is 52.2 Å². The average molecular weight is 608 g/mol. The topological polar surface area (TPSA) is 177 Å². The third kappa shape index (κ3) is 10.4. The van der Waals surface area contributed by atoms with Crippen molar-refractivity contribution in [3.05, 3.63) is 65.2 Å². The van der Waals surface area contributed by atoms with Gasteiger partial charge in [-0.3, -0.25) is 20.4 Å². The van der Waals surface area contributed by atoms with E-state index in [-0.39, 0.29) is 38.2 Å². The number of piperidine rings is 1. The number of nitrogens with two attached hydrogens (primary N) is 1. The maximum Gasteiger partial charge on any atom is 0.330 e. The first-order valence-electron chi connectivity index (χ1n) is 14.6. The Labute approximate surface area is 257 Å². The Bertz CT molecular complexity index is 1350. The highest BCUT2D eigenvalue weighted by Gasteiger charge is 2.22. The van der Waals surface area contributed by atoms with E-state index in [4.69, 9.17) is 35.5 Å². The summed E-state index contributed by atoms with van der Waals surface area (Å²) in [6.07, 6.45) is 4.28. The minimum Gasteiger partial charge on any atom is -0.491 e. The van der Waals surface area contributed by atoms with Gasteiger partial charge in [0.15, 0.2) is 0 Å². The molecule has 1 fully saturated rings. The van der Waals surface area contributed by atoms with Crippen LogP contribution in [0.5, 0.6) is 11.5 Å². The summed E-state index contributed by atoms with van der Waals surface area (Å²) < 4.78 is 22.1. The lowest BCUT2D eigenvalue weighted by molar-refractivity contribution is -0.143. The van der Waals surface area contributed by atoms with Gasteiger partial charge in [-0.25, -0.2) is 4.79 Å². The fraction of sp³-hybridized carbons (Fsp3) is 0.406. The van der Waals surface area contributed by atoms with E-state index in [1.807, 2.05) is 4.90 Å². The monoisotopic (exact) mass is 607 g/mol. The van der Waals surface area contributed by atoms with Gasteiger partial charge in [-0.15, -0.1) is 0 Å². The number of hydrogen-bond acceptors (Lipinski definition) is 9. The van der Waals surface area contributed by atoms with Gasteiger partial charge in [0.25, 0.3) is 5.91 Å². The highest BCUT2D eigenvalue weighted by atomic mass is 16.5. The number of ether oxygens (including phenoxy) is 4. The van der Waals surface area contributed by atoms with Crippen LogP contribution in [0, 0.1) is 10.8 Å². The second-order valence-electron chi connectivity index (χ2n) is 10.2. The van der Waals surface area contributed by atoms with Gasteiger partial charge in [0, 0.05) is 48.7 Å². The Balaban J connectivity index is 1.69. The lowest BCUT2D eigenvalue weighted by atomic mass is 10.1. The number of amides is 1. The molecule has 0 aliphatic carbocycles. The molecule has 0 spiro atoms. The summed E-state index contributed by atoms with van der Waals surface area (Å²) in [5.41, 5.74) is 6.94. The number of likely N-dealkylation sites (tertiary alicyclic amines) is 1. The third-order valence-corrected chi connectivity index (χ3v) is 6.84. The number of carbonyl (C=O) groups excluding carboxylic acids is 3. The molecule has 2 aromatic carbocycles. The van der Waals surface area contributed by atoms with Gasteiger partial charge in [0.1, 0.15) is 30.0 Å². The van der Waals surface area contributed by atoms with Gasteiger partial charge in [0.05, 0.1) is 31.5 Å². The van der Waals surface area contributed by atoms with Crippen LogP contribution in [0.1, 0.15) is 61.5 Å². The molecule has 0 bridgehead atoms. The maximum atomic E-state index is 13.2. The maximum absolute atomic E-state index is 13.2. The normalized spacial score (nSPS) is 14.0. The van der Waals surface area contributed by atoms with Crippen LogP contribution in [0.4, 0.5) is 0 Å². The Hall–Kier alpha value is -4.87. The van der Waals surface area contributed by atoms with Crippen molar-refractivity contribution >= 4 is 35.6 Å². The van der Waals surface area contributed by atoms with E-state index in [0.29, 0.717) is 34.0 Å². The second-order valence-corrected chi connectivity index (χ2v) is 10.2. The van der Waals surface area contributed by atoms with Crippen molar-refractivity contribution in [1.82, 2.24) is 10.2 Å². The standard InChI is InChI=1S/C32H41N5O7/c1-4-41-29(38)13-10-22-6-7-24(31(34)35)18-28(22)43-20-25(19-30(39)42-5-2)36-32(40)23-8-11-26(12-9-23)44-27-14-16-37(17-15-27)21(3)33/h6-13,18,25,27,33H,4-5,14-17,19-20H2,1-3H3,(H3,34,35)(H,36,40)/t25-/m1/s1. The van der Waals surface area contributed by atoms with E-state index in [9.17, 15) is 14.4 Å². The smallest absolute Gasteiger partial charge is 0.330 e. The zero-order chi connectivity index (χ0) is 32.1. The van der Waals surface area contributed by atoms with Crippen LogP contribution in [-0.2, 0) is 19.1 Å². The van der Waals surface area contributed by atoms with Gasteiger partial charge >= 0.3 is 11.9 Å². The van der Waals surface area contributed by atoms with E-state index in [2.05, 4.69) is 5.32 Å². The molecule has 1 atom stereocenters. The van der Waals surface area contributed by atoms with Gasteiger partial charge in [-0.2, -0.15) is 0 Å². The first-order valence-corrected chi connectivity index (χ1v) is 14.6. The summed E-state index contributed by atoms with van der Waals surface area (Å²) in [6.45, 7) is 7.02. The fourth-order valence-electron chi connectivity index (χ4n) is 4.53. The van der Waals surface area contributed by atoms with E-state index < -0.39 is 23.9 Å². The molecule has 12 nitrogen and oxygen atoms in total. The Morgan fingerprint density at radius 3 is 2.30 bits per heavy atom. The number of benzene rings is 2. The van der Waals surface area contributed by atoms with E-state index in [1.165, 1.54) is 12.2 Å². The van der Waals surface area contributed by atoms with Gasteiger partial charge in [-0.05, 0) is 57.2 Å². The van der Waals surface area contributed by atoms with Crippen LogP contribution < -0.4 is 20.5 Å². The van der Waals surface area contributed by atoms with Gasteiger partial charge in [-0.1, -0.05) is 12.1 Å². The van der Waals surface area contributed by atoms with Crippen molar-refractivity contribution in [3.8, 4) is 11.5 Å². The molecule has 1 aliphatic rings. The van der Waals surface area contributed by atoms with Crippen molar-refractivity contribution in [3.63, 3.8) is 0 Å². The lowest BCUT2D eigenvalue weighted by Gasteiger charge is -2.32. The van der Waals surface area contributed by atoms with E-state index in [0.717, 1.165) is 25.9 Å². The number of carbonyl (C=O) groups is 3. The van der Waals surface area contributed by atoms with Gasteiger partial charge in [0.2, 0.25) is 0 Å². The molecule has 1 saturated heterocycles. The molecule has 12 heteroatoms. The summed E-state index contributed by atoms with van der Waals surface area (Å²) >= 11 is 0. The Morgan fingerprint density at radius 2 is 1.68 bits per heavy atom. The van der Waals surface area contributed by atoms with Crippen LogP contribution >= 0.6 is 0 Å². The summed E-state index contributed by atoms with van der Waals surface area (Å²) in [6, 6.07) is 10.8. The largest absolute Gasteiger partial charge is 0.491 e. The lowest BCUT2D eigenvalue weighted by Crippen LogP contribution is -2.41. The van der Waals surface area contributed by atoms with Crippen molar-refractivity contribution in [2.75, 3.05) is 32.9 Å². The van der Waals surface area contributed by atoms with Crippen LogP contribution in [0.2, 0.25) is 0 Å². The number of hydrogen-bond donors (Lipinski definition) is 4. The van der Waals surface area contributed by atoms with Crippen LogP contribution in [-0.4, -0.2) is 79.5 Å². The molecule has 236 valence electrons. The average Bonchev–Trinajstić information content (AvgIpc) is 2.99. The van der Waals surface area contributed by atoms with Crippen molar-refractivity contribution in [1.29, 1.82) is 10.8 Å². The molecule has 44 heavy (non-hydrogen) atoms. The predicted molar refractivity (Wildman–Crippen MR) is 166 cm³/mol. The molecule has 5 N–H and O–H groups in total. The quantitative estimate of drug-likeness (QED) is 0.108. The summed E-state index contributed by atoms with van der Waals surface area (Å²) in [5, 5.41) is 18.4. The molecule has 0 aromatic heterocycles. The number of nitrogens with zero attached hydrogens (tertiary/aromatic N) is 1. The Morgan fingerprint density at radius 1 is 1.02 bits per heavy atom. The van der Waals surface area contributed by atoms with Gasteiger partial charge < -0.3 is 34.9 Å². The highest BCUT2D eigenvalue weighted by Crippen LogP contribution is 2.23. The van der Waals surface area contributed by atoms with Crippen LogP contribution in [0.3, 0.4) is 0 Å². The molecule has 1 aliphatic heterocycles. The number of esters is 2. The fourth-order valence-corrected chi connectivity index (χ4v) is 4.53. The SMILES string of the molecule is CCOC(=O)C=Cc1ccc(C(=N)N)cc1OC[C@@H](CC(=O)OCC)NC(=O)c1ccc(OC2CCN(C(C)=N)CC2)cc1. The third-order valence-electron chi connectivity index (χ3n) is 6.84. The first kappa shape index (κ1) is 33.6. The van der Waals surface area contributed by atoms with E-state index >= 15 is 0 Å². The minimum atomic E-state index is -0.761. The molecular formula is C32H41N5O7. The van der Waals surface area contributed by atoms with E-state index in [1.54, 1.807) is 63.2 Å². The molecule has 1 heterocycles. The first-order chi connectivity index (χ1) is 21.1. The predicted octanol–water partition coefficient (Wildman–Crippen LogP) is 3.52. The minimum absolute atomic E-state index is 0.0370. The second kappa shape index (κ2) is 16.7. The summed E-state index contributed by atoms with van der Waals surface area (Å²) in [4.78, 5) is 39.4. The molecule has 0 unspecified atom stereocenters. The van der Waals surface area contributed by atoms with Crippen molar-refractivity contribution in [2.24, 2.45) is 5.73 Å². The molecule has 0 radical (unpaired) electrons. The molecule has 2 aromatic rings. The number of nitrogen functional groups attached to an aromatic ring is 1. The molecular weight excluding hydrogens is 566 g/mol. The Kier molecular flexibility index (Phi) is 12.8. The highest BCUT2D eigenvalue weighted by molar-refractivity contribution is 5.96. The van der Waals surface area contributed by atoms with Crippen molar-refractivity contribution < 1.29 is 33.3 Å². The molecule has 1 amide bonds. The number of rotatable bonds is 14. The zero-order valence-corrected chi connectivity index (χ0v) is 25.4. The van der Waals surface area contributed by atoms with Crippen LogP contribution in [0.25, 0.3) is 6.08 Å². The van der Waals surface area contributed by atoms with Crippen LogP contribution in [0.15, 0.2) is 48.5 Å². The molecule has 0 saturated carbocycles. The summed E-state index contributed by atoms with van der Waals surface area (Å²) in [7, 11) is 0. The number of amidine groups is 2.